The Kier molecular flexibility index (Phi) is 6.85. The molecule has 34 heavy (non-hydrogen) atoms. The Morgan fingerprint density at radius 2 is 1.47 bits per heavy atom. The highest BCUT2D eigenvalue weighted by atomic mass is 79.9. The van der Waals surface area contributed by atoms with Crippen LogP contribution in [0, 0.1) is 13.8 Å². The molecular formula is C25H20Br2N4O3. The smallest absolute Gasteiger partial charge is 0.321 e. The van der Waals surface area contributed by atoms with Crippen LogP contribution in [-0.4, -0.2) is 22.4 Å². The summed E-state index contributed by atoms with van der Waals surface area (Å²) in [6.07, 6.45) is 0. The molecule has 0 aliphatic carbocycles. The Labute approximate surface area is 212 Å². The van der Waals surface area contributed by atoms with Crippen LogP contribution in [0.1, 0.15) is 21.6 Å². The number of anilines is 2. The van der Waals surface area contributed by atoms with Gasteiger partial charge in [0, 0.05) is 25.7 Å². The fourth-order valence-corrected chi connectivity index (χ4v) is 4.17. The van der Waals surface area contributed by atoms with Gasteiger partial charge in [-0.15, -0.1) is 0 Å². The molecule has 0 atom stereocenters. The third-order valence-electron chi connectivity index (χ3n) is 5.26. The maximum absolute atomic E-state index is 13.2. The summed E-state index contributed by atoms with van der Waals surface area (Å²) in [6, 6.07) is 19.5. The zero-order valence-corrected chi connectivity index (χ0v) is 21.5. The zero-order chi connectivity index (χ0) is 24.4. The lowest BCUT2D eigenvalue weighted by Gasteiger charge is -2.13. The van der Waals surface area contributed by atoms with Crippen LogP contribution >= 0.6 is 31.9 Å². The van der Waals surface area contributed by atoms with Crippen molar-refractivity contribution >= 4 is 71.9 Å². The van der Waals surface area contributed by atoms with E-state index in [1.807, 2.05) is 38.1 Å². The molecule has 172 valence electrons. The maximum Gasteiger partial charge on any atom is 0.328 e. The number of carbonyl (C=O) groups is 3. The summed E-state index contributed by atoms with van der Waals surface area (Å²) in [5.74, 6) is -2.21. The van der Waals surface area contributed by atoms with Gasteiger partial charge in [-0.1, -0.05) is 44.0 Å². The standard InChI is InChI=1S/C25H20Br2N4O3/c1-14-6-8-20(10-15(14)2)28-23(32)22-12-16-11-18(27)7-9-21(16)31(22)30-25(34)24(33)29-19-5-3-4-17(26)13-19/h3-13H,1-2H3,(H,28,32)(H,29,33)(H,30,34). The third-order valence-corrected chi connectivity index (χ3v) is 6.25. The number of fused-ring (bicyclic) bond motifs is 1. The summed E-state index contributed by atoms with van der Waals surface area (Å²) in [5.41, 5.74) is 6.54. The Bertz CT molecular complexity index is 1450. The largest absolute Gasteiger partial charge is 0.328 e. The molecule has 4 rings (SSSR count). The van der Waals surface area contributed by atoms with E-state index in [0.29, 0.717) is 22.3 Å². The van der Waals surface area contributed by atoms with Crippen LogP contribution in [0.5, 0.6) is 0 Å². The van der Waals surface area contributed by atoms with E-state index in [2.05, 4.69) is 47.9 Å². The van der Waals surface area contributed by atoms with Gasteiger partial charge in [-0.3, -0.25) is 19.8 Å². The van der Waals surface area contributed by atoms with E-state index in [9.17, 15) is 14.4 Å². The number of aryl methyl sites for hydroxylation is 2. The van der Waals surface area contributed by atoms with Crippen LogP contribution in [0.3, 0.4) is 0 Å². The Morgan fingerprint density at radius 1 is 0.735 bits per heavy atom. The molecular weight excluding hydrogens is 564 g/mol. The lowest BCUT2D eigenvalue weighted by molar-refractivity contribution is -0.133. The number of aromatic nitrogens is 1. The summed E-state index contributed by atoms with van der Waals surface area (Å²) in [4.78, 5) is 38.4. The number of nitrogens with one attached hydrogen (secondary N) is 3. The van der Waals surface area contributed by atoms with Crippen LogP contribution in [0.4, 0.5) is 11.4 Å². The topological polar surface area (TPSA) is 92.2 Å². The first-order chi connectivity index (χ1) is 16.2. The molecule has 0 saturated carbocycles. The van der Waals surface area contributed by atoms with E-state index in [1.54, 1.807) is 42.5 Å². The van der Waals surface area contributed by atoms with Gasteiger partial charge in [0.1, 0.15) is 5.69 Å². The number of nitrogens with zero attached hydrogens (tertiary/aromatic N) is 1. The summed E-state index contributed by atoms with van der Waals surface area (Å²) in [5, 5.41) is 6.13. The quantitative estimate of drug-likeness (QED) is 0.267. The number of benzene rings is 3. The molecule has 0 fully saturated rings. The molecule has 0 aliphatic rings. The summed E-state index contributed by atoms with van der Waals surface area (Å²) in [7, 11) is 0. The van der Waals surface area contributed by atoms with Gasteiger partial charge >= 0.3 is 11.8 Å². The second-order valence-corrected chi connectivity index (χ2v) is 9.56. The van der Waals surface area contributed by atoms with E-state index >= 15 is 0 Å². The number of rotatable bonds is 4. The van der Waals surface area contributed by atoms with Crippen molar-refractivity contribution in [1.82, 2.24) is 4.68 Å². The summed E-state index contributed by atoms with van der Waals surface area (Å²) < 4.78 is 2.90. The van der Waals surface area contributed by atoms with E-state index in [1.165, 1.54) is 4.68 Å². The van der Waals surface area contributed by atoms with Crippen molar-refractivity contribution in [3.05, 3.63) is 92.5 Å². The fraction of sp³-hybridized carbons (Fsp3) is 0.0800. The van der Waals surface area contributed by atoms with Gasteiger partial charge in [-0.2, -0.15) is 0 Å². The maximum atomic E-state index is 13.2. The number of carbonyl (C=O) groups excluding carboxylic acids is 3. The minimum absolute atomic E-state index is 0.176. The van der Waals surface area contributed by atoms with Gasteiger partial charge in [0.05, 0.1) is 5.52 Å². The Hall–Kier alpha value is -3.43. The molecule has 9 heteroatoms. The highest BCUT2D eigenvalue weighted by Crippen LogP contribution is 2.24. The second-order valence-electron chi connectivity index (χ2n) is 7.73. The first-order valence-corrected chi connectivity index (χ1v) is 11.9. The molecule has 0 unspecified atom stereocenters. The minimum Gasteiger partial charge on any atom is -0.321 e. The van der Waals surface area contributed by atoms with Crippen LogP contribution in [-0.2, 0) is 9.59 Å². The molecule has 7 nitrogen and oxygen atoms in total. The lowest BCUT2D eigenvalue weighted by atomic mass is 10.1. The second kappa shape index (κ2) is 9.82. The van der Waals surface area contributed by atoms with Crippen molar-refractivity contribution in [1.29, 1.82) is 0 Å². The number of hydrogen-bond acceptors (Lipinski definition) is 3. The van der Waals surface area contributed by atoms with Crippen molar-refractivity contribution in [2.45, 2.75) is 13.8 Å². The normalized spacial score (nSPS) is 10.7. The van der Waals surface area contributed by atoms with Gasteiger partial charge in [-0.25, -0.2) is 4.68 Å². The highest BCUT2D eigenvalue weighted by molar-refractivity contribution is 9.10. The SMILES string of the molecule is Cc1ccc(NC(=O)c2cc3cc(Br)ccc3n2NC(=O)C(=O)Nc2cccc(Br)c2)cc1C. The molecule has 1 heterocycles. The van der Waals surface area contributed by atoms with Crippen LogP contribution in [0.15, 0.2) is 75.7 Å². The van der Waals surface area contributed by atoms with Crippen molar-refractivity contribution in [3.63, 3.8) is 0 Å². The molecule has 3 N–H and O–H groups in total. The fourth-order valence-electron chi connectivity index (χ4n) is 3.39. The molecule has 0 aliphatic heterocycles. The number of halogens is 2. The van der Waals surface area contributed by atoms with E-state index in [4.69, 9.17) is 0 Å². The third kappa shape index (κ3) is 5.21. The molecule has 0 spiro atoms. The monoisotopic (exact) mass is 582 g/mol. The van der Waals surface area contributed by atoms with Crippen LogP contribution in [0.25, 0.3) is 10.9 Å². The van der Waals surface area contributed by atoms with Crippen molar-refractivity contribution in [2.75, 3.05) is 16.1 Å². The highest BCUT2D eigenvalue weighted by Gasteiger charge is 2.21. The van der Waals surface area contributed by atoms with E-state index < -0.39 is 17.7 Å². The number of amides is 3. The van der Waals surface area contributed by atoms with Gasteiger partial charge < -0.3 is 10.6 Å². The Morgan fingerprint density at radius 3 is 2.21 bits per heavy atom. The molecule has 0 saturated heterocycles. The summed E-state index contributed by atoms with van der Waals surface area (Å²) in [6.45, 7) is 3.95. The average molecular weight is 584 g/mol. The van der Waals surface area contributed by atoms with E-state index in [0.717, 1.165) is 20.1 Å². The predicted molar refractivity (Wildman–Crippen MR) is 141 cm³/mol. The molecule has 1 aromatic heterocycles. The lowest BCUT2D eigenvalue weighted by Crippen LogP contribution is -2.36. The predicted octanol–water partition coefficient (Wildman–Crippen LogP) is 5.74. The Balaban J connectivity index is 1.63. The van der Waals surface area contributed by atoms with Gasteiger partial charge in [0.15, 0.2) is 0 Å². The molecule has 0 radical (unpaired) electrons. The van der Waals surface area contributed by atoms with Gasteiger partial charge in [0.2, 0.25) is 0 Å². The van der Waals surface area contributed by atoms with Crippen molar-refractivity contribution < 1.29 is 14.4 Å². The van der Waals surface area contributed by atoms with Gasteiger partial charge in [-0.05, 0) is 79.6 Å². The van der Waals surface area contributed by atoms with Crippen molar-refractivity contribution in [3.8, 4) is 0 Å². The minimum atomic E-state index is -0.916. The van der Waals surface area contributed by atoms with Crippen LogP contribution < -0.4 is 16.1 Å². The molecule has 3 amide bonds. The first-order valence-electron chi connectivity index (χ1n) is 10.3. The van der Waals surface area contributed by atoms with Crippen LogP contribution in [0.2, 0.25) is 0 Å². The molecule has 4 aromatic rings. The average Bonchev–Trinajstić information content (AvgIpc) is 3.13. The van der Waals surface area contributed by atoms with Crippen molar-refractivity contribution in [2.24, 2.45) is 0 Å². The molecule has 0 bridgehead atoms. The molecule has 3 aromatic carbocycles. The summed E-state index contributed by atoms with van der Waals surface area (Å²) >= 11 is 6.75. The zero-order valence-electron chi connectivity index (χ0n) is 18.3. The van der Waals surface area contributed by atoms with Gasteiger partial charge in [0.25, 0.3) is 5.91 Å². The van der Waals surface area contributed by atoms with E-state index in [-0.39, 0.29) is 5.69 Å². The number of hydrogen-bond donors (Lipinski definition) is 3. The first kappa shape index (κ1) is 23.7.